The number of hydrogen-bond donors (Lipinski definition) is 1. The van der Waals surface area contributed by atoms with Gasteiger partial charge in [-0.2, -0.15) is 10.4 Å². The van der Waals surface area contributed by atoms with E-state index in [-0.39, 0.29) is 5.78 Å². The molecule has 2 aromatic heterocycles. The van der Waals surface area contributed by atoms with E-state index in [0.29, 0.717) is 28.8 Å². The van der Waals surface area contributed by atoms with Crippen LogP contribution in [0.15, 0.2) is 12.4 Å². The van der Waals surface area contributed by atoms with Crippen LogP contribution in [-0.4, -0.2) is 15.4 Å². The molecule has 2 aromatic rings. The molecular weight excluding hydrogens is 264 g/mol. The Kier molecular flexibility index (Phi) is 4.59. The highest BCUT2D eigenvalue weighted by Crippen LogP contribution is 2.28. The summed E-state index contributed by atoms with van der Waals surface area (Å²) in [7, 11) is 0. The molecule has 0 radical (unpaired) electrons. The molecule has 0 aromatic carbocycles. The van der Waals surface area contributed by atoms with Crippen molar-refractivity contribution < 1.29 is 4.79 Å². The van der Waals surface area contributed by atoms with Crippen LogP contribution in [0.4, 0.5) is 5.69 Å². The summed E-state index contributed by atoms with van der Waals surface area (Å²) in [6.07, 6.45) is 7.30. The van der Waals surface area contributed by atoms with E-state index >= 15 is 0 Å². The molecule has 2 heterocycles. The fourth-order valence-electron chi connectivity index (χ4n) is 2.52. The number of anilines is 1. The minimum absolute atomic E-state index is 0.118. The number of nitriles is 1. The van der Waals surface area contributed by atoms with Crippen molar-refractivity contribution in [2.45, 2.75) is 46.0 Å². The lowest BCUT2D eigenvalue weighted by molar-refractivity contribution is 0.0981. The molecule has 0 amide bonds. The zero-order valence-electron chi connectivity index (χ0n) is 12.5. The van der Waals surface area contributed by atoms with E-state index in [2.05, 4.69) is 12.0 Å². The molecule has 0 fully saturated rings. The van der Waals surface area contributed by atoms with Crippen LogP contribution in [0.5, 0.6) is 0 Å². The molecule has 21 heavy (non-hydrogen) atoms. The quantitative estimate of drug-likeness (QED) is 0.826. The van der Waals surface area contributed by atoms with Crippen LogP contribution in [0, 0.1) is 11.3 Å². The van der Waals surface area contributed by atoms with Crippen molar-refractivity contribution >= 4 is 17.0 Å². The van der Waals surface area contributed by atoms with Gasteiger partial charge in [-0.05, 0) is 24.8 Å². The molecule has 2 N–H and O–H groups in total. The van der Waals surface area contributed by atoms with Crippen LogP contribution in [-0.2, 0) is 6.42 Å². The smallest absolute Gasteiger partial charge is 0.164 e. The maximum absolute atomic E-state index is 12.3. The lowest BCUT2D eigenvalue weighted by atomic mass is 9.99. The van der Waals surface area contributed by atoms with Gasteiger partial charge in [-0.3, -0.25) is 4.79 Å². The monoisotopic (exact) mass is 284 g/mol. The van der Waals surface area contributed by atoms with Gasteiger partial charge in [0.15, 0.2) is 5.78 Å². The number of carbonyl (C=O) groups excluding carboxylic acids is 1. The molecule has 0 saturated carbocycles. The van der Waals surface area contributed by atoms with E-state index < -0.39 is 0 Å². The van der Waals surface area contributed by atoms with Crippen molar-refractivity contribution in [1.82, 2.24) is 9.61 Å². The second-order valence-corrected chi connectivity index (χ2v) is 5.17. The summed E-state index contributed by atoms with van der Waals surface area (Å²) in [5.41, 5.74) is 9.19. The average Bonchev–Trinajstić information content (AvgIpc) is 2.85. The Morgan fingerprint density at radius 3 is 2.81 bits per heavy atom. The van der Waals surface area contributed by atoms with E-state index in [9.17, 15) is 4.79 Å². The molecule has 110 valence electrons. The van der Waals surface area contributed by atoms with Crippen molar-refractivity contribution in [1.29, 1.82) is 5.26 Å². The first-order valence-electron chi connectivity index (χ1n) is 7.36. The molecule has 0 aliphatic carbocycles. The molecule has 0 unspecified atom stereocenters. The first-order chi connectivity index (χ1) is 10.1. The Morgan fingerprint density at radius 1 is 1.43 bits per heavy atom. The molecule has 5 nitrogen and oxygen atoms in total. The lowest BCUT2D eigenvalue weighted by Gasteiger charge is -2.05. The highest BCUT2D eigenvalue weighted by Gasteiger charge is 2.19. The van der Waals surface area contributed by atoms with Gasteiger partial charge in [-0.1, -0.05) is 20.3 Å². The molecule has 0 spiro atoms. The van der Waals surface area contributed by atoms with E-state index in [1.54, 1.807) is 10.7 Å². The predicted octanol–water partition coefficient (Wildman–Crippen LogP) is 3.11. The van der Waals surface area contributed by atoms with Crippen molar-refractivity contribution in [2.75, 3.05) is 5.73 Å². The number of rotatable bonds is 6. The topological polar surface area (TPSA) is 84.2 Å². The van der Waals surface area contributed by atoms with Crippen LogP contribution in [0.1, 0.15) is 61.0 Å². The number of nitrogen functional groups attached to an aromatic ring is 1. The van der Waals surface area contributed by atoms with Gasteiger partial charge in [0.05, 0.1) is 23.0 Å². The third kappa shape index (κ3) is 2.75. The Morgan fingerprint density at radius 2 is 2.19 bits per heavy atom. The van der Waals surface area contributed by atoms with Gasteiger partial charge in [0, 0.05) is 18.2 Å². The summed E-state index contributed by atoms with van der Waals surface area (Å²) < 4.78 is 1.63. The van der Waals surface area contributed by atoms with Crippen molar-refractivity contribution in [3.63, 3.8) is 0 Å². The second-order valence-electron chi connectivity index (χ2n) is 5.17. The second kappa shape index (κ2) is 6.40. The number of unbranched alkanes of at least 4 members (excludes halogenated alkanes) is 1. The van der Waals surface area contributed by atoms with Gasteiger partial charge >= 0.3 is 0 Å². The predicted molar refractivity (Wildman–Crippen MR) is 82.2 cm³/mol. The maximum Gasteiger partial charge on any atom is 0.164 e. The SMILES string of the molecule is CCCCc1c(C(=O)CCC)cn2ncc(C#N)c(N)c12. The molecule has 0 saturated heterocycles. The van der Waals surface area contributed by atoms with E-state index in [4.69, 9.17) is 11.0 Å². The largest absolute Gasteiger partial charge is 0.396 e. The van der Waals surface area contributed by atoms with Crippen molar-refractivity contribution in [3.05, 3.63) is 29.1 Å². The normalized spacial score (nSPS) is 10.7. The minimum Gasteiger partial charge on any atom is -0.396 e. The van der Waals surface area contributed by atoms with Crippen LogP contribution in [0.2, 0.25) is 0 Å². The number of nitrogens with two attached hydrogens (primary N) is 1. The van der Waals surface area contributed by atoms with Gasteiger partial charge in [-0.15, -0.1) is 0 Å². The summed E-state index contributed by atoms with van der Waals surface area (Å²) in [4.78, 5) is 12.3. The number of carbonyl (C=O) groups is 1. The number of fused-ring (bicyclic) bond motifs is 1. The van der Waals surface area contributed by atoms with Gasteiger partial charge in [0.2, 0.25) is 0 Å². The Labute approximate surface area is 124 Å². The summed E-state index contributed by atoms with van der Waals surface area (Å²) >= 11 is 0. The first kappa shape index (κ1) is 15.0. The van der Waals surface area contributed by atoms with Gasteiger partial charge in [0.25, 0.3) is 0 Å². The third-order valence-electron chi connectivity index (χ3n) is 3.63. The molecule has 5 heteroatoms. The molecular formula is C16H20N4O. The summed E-state index contributed by atoms with van der Waals surface area (Å²) in [5, 5.41) is 13.3. The number of Topliss-reactive ketones (excluding diaryl/α,β-unsaturated/α-hetero) is 1. The third-order valence-corrected chi connectivity index (χ3v) is 3.63. The number of nitrogens with zero attached hydrogens (tertiary/aromatic N) is 3. The summed E-state index contributed by atoms with van der Waals surface area (Å²) in [6.45, 7) is 4.09. The fourth-order valence-corrected chi connectivity index (χ4v) is 2.52. The molecule has 0 aliphatic heterocycles. The summed E-state index contributed by atoms with van der Waals surface area (Å²) in [5.74, 6) is 0.118. The minimum atomic E-state index is 0.118. The van der Waals surface area contributed by atoms with E-state index in [0.717, 1.165) is 31.2 Å². The standard InChI is InChI=1S/C16H20N4O/c1-3-5-7-12-13(14(21)6-4-2)10-20-16(12)15(18)11(8-17)9-19-20/h9-10H,3-7,18H2,1-2H3. The van der Waals surface area contributed by atoms with Crippen LogP contribution < -0.4 is 5.73 Å². The Hall–Kier alpha value is -2.35. The van der Waals surface area contributed by atoms with Crippen LogP contribution >= 0.6 is 0 Å². The van der Waals surface area contributed by atoms with E-state index in [1.165, 1.54) is 6.20 Å². The van der Waals surface area contributed by atoms with E-state index in [1.807, 2.05) is 13.0 Å². The van der Waals surface area contributed by atoms with Crippen molar-refractivity contribution in [3.8, 4) is 6.07 Å². The van der Waals surface area contributed by atoms with Crippen LogP contribution in [0.25, 0.3) is 5.52 Å². The molecule has 0 atom stereocenters. The first-order valence-corrected chi connectivity index (χ1v) is 7.36. The summed E-state index contributed by atoms with van der Waals surface area (Å²) in [6, 6.07) is 2.05. The zero-order chi connectivity index (χ0) is 15.4. The fraction of sp³-hybridized carbons (Fsp3) is 0.438. The zero-order valence-corrected chi connectivity index (χ0v) is 12.5. The number of ketones is 1. The highest BCUT2D eigenvalue weighted by atomic mass is 16.1. The maximum atomic E-state index is 12.3. The average molecular weight is 284 g/mol. The number of aryl methyl sites for hydroxylation is 1. The van der Waals surface area contributed by atoms with Crippen molar-refractivity contribution in [2.24, 2.45) is 0 Å². The van der Waals surface area contributed by atoms with Gasteiger partial charge < -0.3 is 5.73 Å². The number of aromatic nitrogens is 2. The van der Waals surface area contributed by atoms with Crippen LogP contribution in [0.3, 0.4) is 0 Å². The lowest BCUT2D eigenvalue weighted by Crippen LogP contribution is -2.02. The Bertz CT molecular complexity index is 709. The molecule has 0 bridgehead atoms. The highest BCUT2D eigenvalue weighted by molar-refractivity contribution is 6.01. The molecule has 2 rings (SSSR count). The van der Waals surface area contributed by atoms with Gasteiger partial charge in [0.1, 0.15) is 6.07 Å². The van der Waals surface area contributed by atoms with Gasteiger partial charge in [-0.25, -0.2) is 4.52 Å². The number of hydrogen-bond acceptors (Lipinski definition) is 4. The molecule has 0 aliphatic rings. The Balaban J connectivity index is 2.66.